The average molecular weight is 306 g/mol. The van der Waals surface area contributed by atoms with Crippen molar-refractivity contribution < 1.29 is 12.8 Å². The molecule has 2 aromatic rings. The molecule has 2 heterocycles. The Morgan fingerprint density at radius 1 is 1.19 bits per heavy atom. The molecule has 0 spiro atoms. The zero-order chi connectivity index (χ0) is 14.9. The van der Waals surface area contributed by atoms with E-state index in [1.165, 1.54) is 25.0 Å². The first kappa shape index (κ1) is 14.3. The maximum Gasteiger partial charge on any atom is 0.238 e. The minimum atomic E-state index is -3.70. The van der Waals surface area contributed by atoms with Crippen LogP contribution in [-0.4, -0.2) is 15.0 Å². The minimum Gasteiger partial charge on any atom is -0.459 e. The van der Waals surface area contributed by atoms with E-state index in [9.17, 15) is 8.42 Å². The van der Waals surface area contributed by atoms with Crippen LogP contribution in [0.25, 0.3) is 11.3 Å². The number of hydrogen-bond donors (Lipinski definition) is 2. The third kappa shape index (κ3) is 3.18. The quantitative estimate of drug-likeness (QED) is 0.912. The van der Waals surface area contributed by atoms with Crippen molar-refractivity contribution in [3.8, 4) is 11.3 Å². The van der Waals surface area contributed by atoms with E-state index < -0.39 is 10.0 Å². The first-order chi connectivity index (χ1) is 10.0. The number of sulfonamides is 1. The number of primary sulfonamides is 1. The Morgan fingerprint density at radius 2 is 2.05 bits per heavy atom. The van der Waals surface area contributed by atoms with Crippen LogP contribution in [0.3, 0.4) is 0 Å². The van der Waals surface area contributed by atoms with Gasteiger partial charge in [0.25, 0.3) is 0 Å². The second kappa shape index (κ2) is 5.63. The summed E-state index contributed by atoms with van der Waals surface area (Å²) < 4.78 is 28.7. The van der Waals surface area contributed by atoms with Crippen molar-refractivity contribution in [3.05, 3.63) is 42.2 Å². The van der Waals surface area contributed by atoms with Crippen LogP contribution in [0.4, 0.5) is 0 Å². The first-order valence-electron chi connectivity index (χ1n) is 7.00. The molecule has 0 saturated carbocycles. The molecular weight excluding hydrogens is 288 g/mol. The molecular formula is C15H18N2O3S. The van der Waals surface area contributed by atoms with E-state index in [1.807, 2.05) is 18.2 Å². The summed E-state index contributed by atoms with van der Waals surface area (Å²) in [5, 5.41) is 8.58. The van der Waals surface area contributed by atoms with Gasteiger partial charge in [0.2, 0.25) is 10.0 Å². The Labute approximate surface area is 124 Å². The molecule has 112 valence electrons. The molecule has 3 N–H and O–H groups in total. The highest BCUT2D eigenvalue weighted by molar-refractivity contribution is 7.89. The Hall–Kier alpha value is -1.63. The second-order valence-corrected chi connectivity index (χ2v) is 6.84. The van der Waals surface area contributed by atoms with Gasteiger partial charge >= 0.3 is 0 Å². The van der Waals surface area contributed by atoms with Crippen molar-refractivity contribution in [2.75, 3.05) is 6.54 Å². The Balaban J connectivity index is 1.89. The Bertz CT molecular complexity index is 731. The van der Waals surface area contributed by atoms with Gasteiger partial charge in [-0.3, -0.25) is 0 Å². The van der Waals surface area contributed by atoms with Crippen LogP contribution in [0.2, 0.25) is 0 Å². The molecule has 3 rings (SSSR count). The predicted molar refractivity (Wildman–Crippen MR) is 80.1 cm³/mol. The molecule has 21 heavy (non-hydrogen) atoms. The molecule has 0 bridgehead atoms. The maximum absolute atomic E-state index is 11.4. The average Bonchev–Trinajstić information content (AvgIpc) is 2.97. The van der Waals surface area contributed by atoms with E-state index in [-0.39, 0.29) is 10.9 Å². The number of rotatable bonds is 3. The van der Waals surface area contributed by atoms with Crippen LogP contribution < -0.4 is 10.5 Å². The number of nitrogens with two attached hydrogens (primary N) is 1. The molecule has 0 radical (unpaired) electrons. The highest BCUT2D eigenvalue weighted by atomic mass is 32.2. The number of piperidine rings is 1. The minimum absolute atomic E-state index is 0.0914. The summed E-state index contributed by atoms with van der Waals surface area (Å²) in [5.74, 6) is 1.55. The summed E-state index contributed by atoms with van der Waals surface area (Å²) in [7, 11) is -3.70. The zero-order valence-corrected chi connectivity index (χ0v) is 12.4. The lowest BCUT2D eigenvalue weighted by Gasteiger charge is -2.21. The lowest BCUT2D eigenvalue weighted by Crippen LogP contribution is -2.26. The third-order valence-electron chi connectivity index (χ3n) is 3.73. The fourth-order valence-corrected chi connectivity index (χ4v) is 3.18. The summed E-state index contributed by atoms with van der Waals surface area (Å²) in [5.41, 5.74) is 0.712. The summed E-state index contributed by atoms with van der Waals surface area (Å²) in [6, 6.07) is 10.5. The van der Waals surface area contributed by atoms with E-state index in [2.05, 4.69) is 5.32 Å². The van der Waals surface area contributed by atoms with E-state index in [1.54, 1.807) is 6.07 Å². The number of hydrogen-bond acceptors (Lipinski definition) is 4. The van der Waals surface area contributed by atoms with Gasteiger partial charge in [-0.05, 0) is 43.7 Å². The largest absolute Gasteiger partial charge is 0.459 e. The monoisotopic (exact) mass is 306 g/mol. The molecule has 1 aliphatic rings. The van der Waals surface area contributed by atoms with Crippen molar-refractivity contribution >= 4 is 10.0 Å². The van der Waals surface area contributed by atoms with E-state index in [4.69, 9.17) is 9.56 Å². The molecule has 0 unspecified atom stereocenters. The molecule has 1 aromatic carbocycles. The van der Waals surface area contributed by atoms with Gasteiger partial charge in [0.1, 0.15) is 11.5 Å². The lowest BCUT2D eigenvalue weighted by atomic mass is 10.0. The fourth-order valence-electron chi connectivity index (χ4n) is 2.62. The number of nitrogens with one attached hydrogen (secondary N) is 1. The first-order valence-corrected chi connectivity index (χ1v) is 8.55. The summed E-state index contributed by atoms with van der Waals surface area (Å²) in [6.07, 6.45) is 3.44. The maximum atomic E-state index is 11.4. The predicted octanol–water partition coefficient (Wildman–Crippen LogP) is 2.41. The fraction of sp³-hybridized carbons (Fsp3) is 0.333. The summed E-state index contributed by atoms with van der Waals surface area (Å²) in [4.78, 5) is 0.0914. The molecule has 1 aromatic heterocycles. The van der Waals surface area contributed by atoms with Crippen LogP contribution in [0, 0.1) is 0 Å². The summed E-state index contributed by atoms with van der Waals surface area (Å²) >= 11 is 0. The molecule has 6 heteroatoms. The highest BCUT2D eigenvalue weighted by Gasteiger charge is 2.19. The second-order valence-electron chi connectivity index (χ2n) is 5.28. The zero-order valence-electron chi connectivity index (χ0n) is 11.6. The van der Waals surface area contributed by atoms with Crippen LogP contribution in [0.5, 0.6) is 0 Å². The van der Waals surface area contributed by atoms with Crippen molar-refractivity contribution in [3.63, 3.8) is 0 Å². The van der Waals surface area contributed by atoms with Gasteiger partial charge in [-0.15, -0.1) is 0 Å². The van der Waals surface area contributed by atoms with Crippen LogP contribution >= 0.6 is 0 Å². The van der Waals surface area contributed by atoms with Gasteiger partial charge in [-0.2, -0.15) is 0 Å². The lowest BCUT2D eigenvalue weighted by molar-refractivity contribution is 0.353. The number of furan rings is 1. The van der Waals surface area contributed by atoms with Gasteiger partial charge in [0.05, 0.1) is 10.9 Å². The molecule has 0 amide bonds. The van der Waals surface area contributed by atoms with Crippen molar-refractivity contribution in [2.24, 2.45) is 5.14 Å². The van der Waals surface area contributed by atoms with Crippen LogP contribution in [0.15, 0.2) is 45.7 Å². The Morgan fingerprint density at radius 3 is 2.76 bits per heavy atom. The topological polar surface area (TPSA) is 85.3 Å². The summed E-state index contributed by atoms with van der Waals surface area (Å²) in [6.45, 7) is 1.00. The van der Waals surface area contributed by atoms with Crippen molar-refractivity contribution in [1.29, 1.82) is 0 Å². The van der Waals surface area contributed by atoms with Crippen LogP contribution in [-0.2, 0) is 10.0 Å². The van der Waals surface area contributed by atoms with E-state index in [0.29, 0.717) is 11.3 Å². The van der Waals surface area contributed by atoms with Gasteiger partial charge in [-0.25, -0.2) is 13.6 Å². The van der Waals surface area contributed by atoms with Crippen LogP contribution in [0.1, 0.15) is 31.1 Å². The van der Waals surface area contributed by atoms with Gasteiger partial charge < -0.3 is 9.73 Å². The van der Waals surface area contributed by atoms with Gasteiger partial charge in [0, 0.05) is 5.56 Å². The van der Waals surface area contributed by atoms with E-state index >= 15 is 0 Å². The Kier molecular flexibility index (Phi) is 3.84. The molecule has 1 atom stereocenters. The molecule has 0 aliphatic carbocycles. The standard InChI is InChI=1S/C15H18N2O3S/c16-21(18,19)12-5-3-4-11(10-12)14-7-8-15(20-14)13-6-1-2-9-17-13/h3-5,7-8,10,13,17H,1-2,6,9H2,(H2,16,18,19)/t13-/m1/s1. The van der Waals surface area contributed by atoms with Crippen molar-refractivity contribution in [1.82, 2.24) is 5.32 Å². The number of benzene rings is 1. The highest BCUT2D eigenvalue weighted by Crippen LogP contribution is 2.29. The van der Waals surface area contributed by atoms with Gasteiger partial charge in [0.15, 0.2) is 0 Å². The normalized spacial score (nSPS) is 19.6. The SMILES string of the molecule is NS(=O)(=O)c1cccc(-c2ccc([C@H]3CCCCN3)o2)c1. The molecule has 1 aliphatic heterocycles. The molecule has 5 nitrogen and oxygen atoms in total. The molecule has 1 fully saturated rings. The van der Waals surface area contributed by atoms with Gasteiger partial charge in [-0.1, -0.05) is 18.6 Å². The molecule has 1 saturated heterocycles. The van der Waals surface area contributed by atoms with E-state index in [0.717, 1.165) is 18.7 Å². The smallest absolute Gasteiger partial charge is 0.238 e. The third-order valence-corrected chi connectivity index (χ3v) is 4.64. The van der Waals surface area contributed by atoms with Crippen molar-refractivity contribution in [2.45, 2.75) is 30.2 Å².